The Balaban J connectivity index is 1.78. The van der Waals surface area contributed by atoms with Crippen LogP contribution in [0, 0.1) is 17.7 Å². The fourth-order valence-electron chi connectivity index (χ4n) is 2.71. The van der Waals surface area contributed by atoms with Crippen LogP contribution in [-0.4, -0.2) is 36.3 Å². The number of likely N-dealkylation sites (tertiary alicyclic amines) is 1. The van der Waals surface area contributed by atoms with E-state index in [1.165, 1.54) is 12.1 Å². The molecular formula is C18H25FN2O2. The smallest absolute Gasteiger partial charge is 0.225 e. The van der Waals surface area contributed by atoms with Crippen LogP contribution in [0.5, 0.6) is 0 Å². The molecule has 1 N–H and O–H groups in total. The second kappa shape index (κ2) is 8.09. The Kier molecular flexibility index (Phi) is 6.13. The molecule has 1 fully saturated rings. The predicted molar refractivity (Wildman–Crippen MR) is 87.3 cm³/mol. The molecule has 1 atom stereocenters. The second-order valence-corrected chi connectivity index (χ2v) is 6.59. The number of benzene rings is 1. The van der Waals surface area contributed by atoms with E-state index >= 15 is 0 Å². The summed E-state index contributed by atoms with van der Waals surface area (Å²) in [6.45, 7) is 5.94. The lowest BCUT2D eigenvalue weighted by atomic mass is 10.1. The van der Waals surface area contributed by atoms with Crippen molar-refractivity contribution in [1.29, 1.82) is 0 Å². The molecule has 1 aliphatic heterocycles. The number of hydrogen-bond acceptors (Lipinski definition) is 2. The fraction of sp³-hybridized carbons (Fsp3) is 0.556. The first-order valence-electron chi connectivity index (χ1n) is 8.25. The highest BCUT2D eigenvalue weighted by Crippen LogP contribution is 2.18. The van der Waals surface area contributed by atoms with Crippen molar-refractivity contribution < 1.29 is 14.0 Å². The van der Waals surface area contributed by atoms with E-state index in [0.29, 0.717) is 32.0 Å². The van der Waals surface area contributed by atoms with Gasteiger partial charge in [-0.05, 0) is 36.5 Å². The van der Waals surface area contributed by atoms with Gasteiger partial charge in [0.2, 0.25) is 11.8 Å². The Morgan fingerprint density at radius 2 is 2.04 bits per heavy atom. The van der Waals surface area contributed by atoms with Crippen LogP contribution in [0.3, 0.4) is 0 Å². The first-order valence-corrected chi connectivity index (χ1v) is 8.25. The van der Waals surface area contributed by atoms with E-state index in [1.807, 2.05) is 0 Å². The van der Waals surface area contributed by atoms with Crippen LogP contribution >= 0.6 is 0 Å². The van der Waals surface area contributed by atoms with Gasteiger partial charge in [0.1, 0.15) is 5.82 Å². The van der Waals surface area contributed by atoms with Crippen molar-refractivity contribution in [2.24, 2.45) is 11.8 Å². The Morgan fingerprint density at radius 1 is 1.35 bits per heavy atom. The summed E-state index contributed by atoms with van der Waals surface area (Å²) >= 11 is 0. The van der Waals surface area contributed by atoms with E-state index in [1.54, 1.807) is 17.0 Å². The Labute approximate surface area is 137 Å². The number of carbonyl (C=O) groups is 2. The Hall–Kier alpha value is -1.91. The topological polar surface area (TPSA) is 49.4 Å². The molecule has 1 aliphatic rings. The molecule has 5 heteroatoms. The van der Waals surface area contributed by atoms with Gasteiger partial charge in [-0.15, -0.1) is 0 Å². The monoisotopic (exact) mass is 320 g/mol. The zero-order chi connectivity index (χ0) is 16.8. The van der Waals surface area contributed by atoms with Gasteiger partial charge < -0.3 is 10.2 Å². The molecule has 0 aromatic heterocycles. The maximum atomic E-state index is 12.9. The van der Waals surface area contributed by atoms with Crippen LogP contribution in [-0.2, 0) is 16.0 Å². The van der Waals surface area contributed by atoms with Gasteiger partial charge in [0.25, 0.3) is 0 Å². The van der Waals surface area contributed by atoms with E-state index < -0.39 is 0 Å². The minimum atomic E-state index is -0.260. The Morgan fingerprint density at radius 3 is 2.70 bits per heavy atom. The number of hydrogen-bond donors (Lipinski definition) is 1. The summed E-state index contributed by atoms with van der Waals surface area (Å²) in [7, 11) is 0. The van der Waals surface area contributed by atoms with Crippen LogP contribution in [0.2, 0.25) is 0 Å². The zero-order valence-corrected chi connectivity index (χ0v) is 13.8. The highest BCUT2D eigenvalue weighted by Gasteiger charge is 2.33. The molecule has 23 heavy (non-hydrogen) atoms. The normalized spacial score (nSPS) is 17.8. The fourth-order valence-corrected chi connectivity index (χ4v) is 2.71. The molecular weight excluding hydrogens is 295 g/mol. The molecule has 2 rings (SSSR count). The third kappa shape index (κ3) is 5.34. The minimum absolute atomic E-state index is 0.0242. The van der Waals surface area contributed by atoms with E-state index in [4.69, 9.17) is 0 Å². The van der Waals surface area contributed by atoms with Crippen LogP contribution in [0.4, 0.5) is 4.39 Å². The van der Waals surface area contributed by atoms with Crippen molar-refractivity contribution >= 4 is 11.8 Å². The van der Waals surface area contributed by atoms with E-state index in [2.05, 4.69) is 19.2 Å². The summed E-state index contributed by atoms with van der Waals surface area (Å²) in [6, 6.07) is 6.30. The van der Waals surface area contributed by atoms with Crippen molar-refractivity contribution in [3.8, 4) is 0 Å². The summed E-state index contributed by atoms with van der Waals surface area (Å²) < 4.78 is 12.9. The van der Waals surface area contributed by atoms with E-state index in [-0.39, 0.29) is 30.0 Å². The summed E-state index contributed by atoms with van der Waals surface area (Å²) in [4.78, 5) is 25.9. The molecule has 1 aromatic carbocycles. The maximum Gasteiger partial charge on any atom is 0.225 e. The van der Waals surface area contributed by atoms with E-state index in [0.717, 1.165) is 12.0 Å². The van der Waals surface area contributed by atoms with Crippen molar-refractivity contribution in [1.82, 2.24) is 10.2 Å². The number of halogens is 1. The highest BCUT2D eigenvalue weighted by atomic mass is 19.1. The third-order valence-corrected chi connectivity index (χ3v) is 4.19. The van der Waals surface area contributed by atoms with Gasteiger partial charge in [0, 0.05) is 26.1 Å². The largest absolute Gasteiger partial charge is 0.356 e. The molecule has 1 saturated heterocycles. The minimum Gasteiger partial charge on any atom is -0.356 e. The van der Waals surface area contributed by atoms with Crippen molar-refractivity contribution in [2.75, 3.05) is 19.6 Å². The number of amides is 2. The molecule has 126 valence electrons. The van der Waals surface area contributed by atoms with Gasteiger partial charge in [0.15, 0.2) is 0 Å². The van der Waals surface area contributed by atoms with Crippen LogP contribution in [0.15, 0.2) is 24.3 Å². The maximum absolute atomic E-state index is 12.9. The molecule has 0 unspecified atom stereocenters. The van der Waals surface area contributed by atoms with Crippen molar-refractivity contribution in [3.63, 3.8) is 0 Å². The first kappa shape index (κ1) is 17.4. The SMILES string of the molecule is CC(C)CCNC(=O)[C@@H]1CC(=O)N(CCc2ccc(F)cc2)C1. The summed E-state index contributed by atoms with van der Waals surface area (Å²) in [5.41, 5.74) is 0.990. The lowest BCUT2D eigenvalue weighted by Gasteiger charge is -2.16. The lowest BCUT2D eigenvalue weighted by Crippen LogP contribution is -2.34. The van der Waals surface area contributed by atoms with Crippen LogP contribution in [0.1, 0.15) is 32.3 Å². The second-order valence-electron chi connectivity index (χ2n) is 6.59. The van der Waals surface area contributed by atoms with Gasteiger partial charge in [-0.3, -0.25) is 9.59 Å². The molecule has 4 nitrogen and oxygen atoms in total. The standard InChI is InChI=1S/C18H25FN2O2/c1-13(2)7-9-20-18(23)15-11-17(22)21(12-15)10-8-14-3-5-16(19)6-4-14/h3-6,13,15H,7-12H2,1-2H3,(H,20,23)/t15-/m1/s1. The van der Waals surface area contributed by atoms with Gasteiger partial charge in [-0.25, -0.2) is 4.39 Å². The molecule has 0 bridgehead atoms. The van der Waals surface area contributed by atoms with Crippen molar-refractivity contribution in [3.05, 3.63) is 35.6 Å². The molecule has 0 radical (unpaired) electrons. The predicted octanol–water partition coefficient (Wildman–Crippen LogP) is 2.38. The van der Waals surface area contributed by atoms with Gasteiger partial charge in [-0.2, -0.15) is 0 Å². The molecule has 0 aliphatic carbocycles. The number of carbonyl (C=O) groups excluding carboxylic acids is 2. The quantitative estimate of drug-likeness (QED) is 0.838. The molecule has 2 amide bonds. The molecule has 0 spiro atoms. The van der Waals surface area contributed by atoms with Crippen molar-refractivity contribution in [2.45, 2.75) is 33.1 Å². The highest BCUT2D eigenvalue weighted by molar-refractivity contribution is 5.89. The average molecular weight is 320 g/mol. The molecule has 1 aromatic rings. The summed E-state index contributed by atoms with van der Waals surface area (Å²) in [5, 5.41) is 2.92. The van der Waals surface area contributed by atoms with E-state index in [9.17, 15) is 14.0 Å². The van der Waals surface area contributed by atoms with Gasteiger partial charge >= 0.3 is 0 Å². The third-order valence-electron chi connectivity index (χ3n) is 4.19. The number of nitrogens with zero attached hydrogens (tertiary/aromatic N) is 1. The zero-order valence-electron chi connectivity index (χ0n) is 13.8. The first-order chi connectivity index (χ1) is 11.0. The van der Waals surface area contributed by atoms with Crippen LogP contribution < -0.4 is 5.32 Å². The molecule has 1 heterocycles. The Bertz CT molecular complexity index is 542. The summed E-state index contributed by atoms with van der Waals surface area (Å²) in [5.74, 6) is 0.0409. The number of rotatable bonds is 7. The van der Waals surface area contributed by atoms with Gasteiger partial charge in [0.05, 0.1) is 5.92 Å². The molecule has 0 saturated carbocycles. The van der Waals surface area contributed by atoms with Gasteiger partial charge in [-0.1, -0.05) is 26.0 Å². The average Bonchev–Trinajstić information content (AvgIpc) is 2.87. The number of nitrogens with one attached hydrogen (secondary N) is 1. The summed E-state index contributed by atoms with van der Waals surface area (Å²) in [6.07, 6.45) is 1.91. The lowest BCUT2D eigenvalue weighted by molar-refractivity contribution is -0.129. The van der Waals surface area contributed by atoms with Crippen LogP contribution in [0.25, 0.3) is 0 Å².